The summed E-state index contributed by atoms with van der Waals surface area (Å²) >= 11 is 0. The lowest BCUT2D eigenvalue weighted by molar-refractivity contribution is 0.632. The van der Waals surface area contributed by atoms with Crippen LogP contribution >= 0.6 is 0 Å². The highest BCUT2D eigenvalue weighted by molar-refractivity contribution is 5.01. The standard InChI is InChI=1S/C10H17N/c1-5-10(6-2)11-8-7-9(3)4/h1,7,10-11H,6,8H2,2-4H3. The number of rotatable bonds is 4. The van der Waals surface area contributed by atoms with Crippen LogP contribution in [0.3, 0.4) is 0 Å². The number of allylic oxidation sites excluding steroid dienone is 1. The van der Waals surface area contributed by atoms with E-state index in [4.69, 9.17) is 6.42 Å². The van der Waals surface area contributed by atoms with Gasteiger partial charge in [0.15, 0.2) is 0 Å². The molecule has 0 radical (unpaired) electrons. The Labute approximate surface area is 69.9 Å². The molecule has 0 spiro atoms. The quantitative estimate of drug-likeness (QED) is 0.478. The lowest BCUT2D eigenvalue weighted by Crippen LogP contribution is -2.26. The van der Waals surface area contributed by atoms with Crippen LogP contribution < -0.4 is 5.32 Å². The number of terminal acetylenes is 1. The van der Waals surface area contributed by atoms with E-state index >= 15 is 0 Å². The summed E-state index contributed by atoms with van der Waals surface area (Å²) in [5.41, 5.74) is 1.32. The highest BCUT2D eigenvalue weighted by atomic mass is 14.9. The first-order chi connectivity index (χ1) is 5.20. The first kappa shape index (κ1) is 10.3. The summed E-state index contributed by atoms with van der Waals surface area (Å²) in [6, 6.07) is 0.227. The topological polar surface area (TPSA) is 12.0 Å². The third-order valence-electron chi connectivity index (χ3n) is 1.48. The maximum Gasteiger partial charge on any atom is 0.0686 e. The summed E-state index contributed by atoms with van der Waals surface area (Å²) in [6.07, 6.45) is 8.40. The summed E-state index contributed by atoms with van der Waals surface area (Å²) in [7, 11) is 0. The van der Waals surface area contributed by atoms with E-state index in [0.29, 0.717) is 0 Å². The number of hydrogen-bond donors (Lipinski definition) is 1. The van der Waals surface area contributed by atoms with Gasteiger partial charge in [0.2, 0.25) is 0 Å². The highest BCUT2D eigenvalue weighted by Crippen LogP contribution is 1.89. The molecule has 1 unspecified atom stereocenters. The second-order valence-corrected chi connectivity index (χ2v) is 2.82. The average Bonchev–Trinajstić information content (AvgIpc) is 1.98. The lowest BCUT2D eigenvalue weighted by atomic mass is 10.2. The van der Waals surface area contributed by atoms with Gasteiger partial charge < -0.3 is 5.32 Å². The van der Waals surface area contributed by atoms with Crippen molar-refractivity contribution in [2.24, 2.45) is 0 Å². The van der Waals surface area contributed by atoms with Gasteiger partial charge in [-0.15, -0.1) is 6.42 Å². The fourth-order valence-corrected chi connectivity index (χ4v) is 0.726. The molecule has 0 aromatic rings. The third-order valence-corrected chi connectivity index (χ3v) is 1.48. The molecule has 0 amide bonds. The van der Waals surface area contributed by atoms with Gasteiger partial charge in [0.05, 0.1) is 6.04 Å². The van der Waals surface area contributed by atoms with Gasteiger partial charge in [-0.2, -0.15) is 0 Å². The molecule has 0 bridgehead atoms. The van der Waals surface area contributed by atoms with Crippen LogP contribution in [-0.4, -0.2) is 12.6 Å². The summed E-state index contributed by atoms with van der Waals surface area (Å²) in [5, 5.41) is 3.24. The van der Waals surface area contributed by atoms with Gasteiger partial charge >= 0.3 is 0 Å². The van der Waals surface area contributed by atoms with Crippen molar-refractivity contribution in [3.8, 4) is 12.3 Å². The molecule has 0 aliphatic carbocycles. The number of hydrogen-bond acceptors (Lipinski definition) is 1. The maximum atomic E-state index is 5.27. The average molecular weight is 151 g/mol. The zero-order valence-electron chi connectivity index (χ0n) is 7.65. The minimum Gasteiger partial charge on any atom is -0.300 e. The van der Waals surface area contributed by atoms with Crippen molar-refractivity contribution in [3.63, 3.8) is 0 Å². The van der Waals surface area contributed by atoms with Crippen LogP contribution in [0, 0.1) is 12.3 Å². The molecular weight excluding hydrogens is 134 g/mol. The van der Waals surface area contributed by atoms with Gasteiger partial charge in [-0.1, -0.05) is 24.5 Å². The van der Waals surface area contributed by atoms with Gasteiger partial charge in [0.25, 0.3) is 0 Å². The minimum atomic E-state index is 0.227. The van der Waals surface area contributed by atoms with Crippen LogP contribution in [0.2, 0.25) is 0 Å². The van der Waals surface area contributed by atoms with Crippen molar-refractivity contribution in [2.45, 2.75) is 33.2 Å². The van der Waals surface area contributed by atoms with E-state index in [2.05, 4.69) is 38.1 Å². The van der Waals surface area contributed by atoms with E-state index < -0.39 is 0 Å². The van der Waals surface area contributed by atoms with Crippen LogP contribution in [0.4, 0.5) is 0 Å². The molecule has 0 heterocycles. The summed E-state index contributed by atoms with van der Waals surface area (Å²) in [5.74, 6) is 2.69. The van der Waals surface area contributed by atoms with Gasteiger partial charge in [-0.3, -0.25) is 0 Å². The van der Waals surface area contributed by atoms with Crippen LogP contribution in [0.1, 0.15) is 27.2 Å². The molecule has 0 aliphatic rings. The van der Waals surface area contributed by atoms with E-state index in [0.717, 1.165) is 13.0 Å². The van der Waals surface area contributed by atoms with Gasteiger partial charge in [-0.25, -0.2) is 0 Å². The highest BCUT2D eigenvalue weighted by Gasteiger charge is 1.96. The molecule has 1 heteroatoms. The first-order valence-electron chi connectivity index (χ1n) is 4.03. The van der Waals surface area contributed by atoms with Crippen LogP contribution in [0.5, 0.6) is 0 Å². The molecule has 0 rings (SSSR count). The Kier molecular flexibility index (Phi) is 5.60. The maximum absolute atomic E-state index is 5.27. The minimum absolute atomic E-state index is 0.227. The molecular formula is C10H17N. The zero-order valence-corrected chi connectivity index (χ0v) is 7.65. The van der Waals surface area contributed by atoms with Crippen molar-refractivity contribution < 1.29 is 0 Å². The molecule has 0 saturated carbocycles. The fraction of sp³-hybridized carbons (Fsp3) is 0.600. The third kappa shape index (κ3) is 5.69. The van der Waals surface area contributed by atoms with Crippen LogP contribution in [-0.2, 0) is 0 Å². The Bertz CT molecular complexity index is 158. The fourth-order valence-electron chi connectivity index (χ4n) is 0.726. The molecule has 1 nitrogen and oxygen atoms in total. The molecule has 1 N–H and O–H groups in total. The van der Waals surface area contributed by atoms with Crippen molar-refractivity contribution in [2.75, 3.05) is 6.54 Å². The molecule has 0 aromatic heterocycles. The van der Waals surface area contributed by atoms with Crippen LogP contribution in [0.15, 0.2) is 11.6 Å². The monoisotopic (exact) mass is 151 g/mol. The predicted molar refractivity (Wildman–Crippen MR) is 50.3 cm³/mol. The van der Waals surface area contributed by atoms with E-state index in [1.807, 2.05) is 0 Å². The van der Waals surface area contributed by atoms with E-state index in [1.165, 1.54) is 5.57 Å². The Balaban J connectivity index is 3.54. The zero-order chi connectivity index (χ0) is 8.69. The molecule has 0 aliphatic heterocycles. The summed E-state index contributed by atoms with van der Waals surface area (Å²) in [6.45, 7) is 7.13. The predicted octanol–water partition coefficient (Wildman–Crippen LogP) is 1.95. The second kappa shape index (κ2) is 6.00. The lowest BCUT2D eigenvalue weighted by Gasteiger charge is -2.07. The Morgan fingerprint density at radius 1 is 1.64 bits per heavy atom. The van der Waals surface area contributed by atoms with Crippen molar-refractivity contribution in [3.05, 3.63) is 11.6 Å². The summed E-state index contributed by atoms with van der Waals surface area (Å²) < 4.78 is 0. The normalized spacial score (nSPS) is 11.8. The Morgan fingerprint density at radius 2 is 2.27 bits per heavy atom. The molecule has 0 aromatic carbocycles. The van der Waals surface area contributed by atoms with E-state index in [-0.39, 0.29) is 6.04 Å². The number of nitrogens with one attached hydrogen (secondary N) is 1. The van der Waals surface area contributed by atoms with Crippen molar-refractivity contribution in [1.82, 2.24) is 5.32 Å². The summed E-state index contributed by atoms with van der Waals surface area (Å²) in [4.78, 5) is 0. The smallest absolute Gasteiger partial charge is 0.0686 e. The van der Waals surface area contributed by atoms with Gasteiger partial charge in [0.1, 0.15) is 0 Å². The van der Waals surface area contributed by atoms with E-state index in [9.17, 15) is 0 Å². The van der Waals surface area contributed by atoms with Gasteiger partial charge in [0, 0.05) is 6.54 Å². The second-order valence-electron chi connectivity index (χ2n) is 2.82. The molecule has 0 fully saturated rings. The largest absolute Gasteiger partial charge is 0.300 e. The molecule has 11 heavy (non-hydrogen) atoms. The van der Waals surface area contributed by atoms with Crippen molar-refractivity contribution >= 4 is 0 Å². The molecule has 0 saturated heterocycles. The van der Waals surface area contributed by atoms with Crippen molar-refractivity contribution in [1.29, 1.82) is 0 Å². The Morgan fingerprint density at radius 3 is 2.64 bits per heavy atom. The molecule has 1 atom stereocenters. The van der Waals surface area contributed by atoms with E-state index in [1.54, 1.807) is 0 Å². The van der Waals surface area contributed by atoms with Gasteiger partial charge in [-0.05, 0) is 20.3 Å². The SMILES string of the molecule is C#CC(CC)NCC=C(C)C. The van der Waals surface area contributed by atoms with Crippen LogP contribution in [0.25, 0.3) is 0 Å². The Hall–Kier alpha value is -0.740. The first-order valence-corrected chi connectivity index (χ1v) is 4.03. The molecule has 62 valence electrons.